The molecule has 5 unspecified atom stereocenters. The zero-order chi connectivity index (χ0) is 14.0. The number of ether oxygens (including phenoxy) is 2. The molecule has 0 spiro atoms. The Morgan fingerprint density at radius 3 is 2.63 bits per heavy atom. The van der Waals surface area contributed by atoms with Crippen LogP contribution in [0.5, 0.6) is 5.88 Å². The Labute approximate surface area is 114 Å². The number of rotatable bonds is 4. The van der Waals surface area contributed by atoms with Crippen LogP contribution in [-0.2, 0) is 11.2 Å². The topological polar surface area (TPSA) is 70.3 Å². The van der Waals surface area contributed by atoms with Crippen molar-refractivity contribution in [1.82, 2.24) is 9.97 Å². The maximum Gasteiger partial charge on any atom is 0.216 e. The van der Waals surface area contributed by atoms with Gasteiger partial charge in [0.05, 0.1) is 19.3 Å². The van der Waals surface area contributed by atoms with Crippen LogP contribution in [0.25, 0.3) is 0 Å². The van der Waals surface area contributed by atoms with Gasteiger partial charge in [0, 0.05) is 30.1 Å². The Balaban J connectivity index is 2.06. The molecule has 1 aromatic rings. The van der Waals surface area contributed by atoms with E-state index in [9.17, 15) is 0 Å². The molecule has 1 aliphatic heterocycles. The summed E-state index contributed by atoms with van der Waals surface area (Å²) in [6.07, 6.45) is 2.70. The first kappa shape index (κ1) is 14.2. The van der Waals surface area contributed by atoms with Crippen molar-refractivity contribution in [3.05, 3.63) is 18.1 Å². The van der Waals surface area contributed by atoms with E-state index in [1.165, 1.54) is 6.33 Å². The molecule has 106 valence electrons. The Bertz CT molecular complexity index is 427. The van der Waals surface area contributed by atoms with Crippen molar-refractivity contribution in [3.8, 4) is 5.88 Å². The van der Waals surface area contributed by atoms with Crippen LogP contribution < -0.4 is 10.5 Å². The van der Waals surface area contributed by atoms with Gasteiger partial charge in [-0.05, 0) is 19.8 Å². The molecule has 1 aromatic heterocycles. The summed E-state index contributed by atoms with van der Waals surface area (Å²) in [5.74, 6) is 1.40. The summed E-state index contributed by atoms with van der Waals surface area (Å²) in [4.78, 5) is 8.26. The fourth-order valence-electron chi connectivity index (χ4n) is 3.01. The second-order valence-corrected chi connectivity index (χ2v) is 5.40. The minimum absolute atomic E-state index is 0.0366. The van der Waals surface area contributed by atoms with Crippen molar-refractivity contribution in [3.63, 3.8) is 0 Å². The highest BCUT2D eigenvalue weighted by Gasteiger charge is 2.40. The predicted molar refractivity (Wildman–Crippen MR) is 72.9 cm³/mol. The number of aromatic nitrogens is 2. The quantitative estimate of drug-likeness (QED) is 0.891. The van der Waals surface area contributed by atoms with Crippen LogP contribution in [0, 0.1) is 11.8 Å². The first-order valence-electron chi connectivity index (χ1n) is 6.79. The van der Waals surface area contributed by atoms with E-state index in [-0.39, 0.29) is 18.2 Å². The fraction of sp³-hybridized carbons (Fsp3) is 0.714. The minimum Gasteiger partial charge on any atom is -0.481 e. The number of hydrogen-bond donors (Lipinski definition) is 1. The molecule has 1 aliphatic rings. The SMILES string of the molecule is COc1cc(CC(N)C2C(C)OC(C)C2C)ncn1. The second kappa shape index (κ2) is 5.84. The number of hydrogen-bond acceptors (Lipinski definition) is 5. The lowest BCUT2D eigenvalue weighted by Gasteiger charge is -2.25. The van der Waals surface area contributed by atoms with Gasteiger partial charge in [0.2, 0.25) is 5.88 Å². The molecular weight excluding hydrogens is 242 g/mol. The molecule has 5 heteroatoms. The van der Waals surface area contributed by atoms with Crippen molar-refractivity contribution >= 4 is 0 Å². The van der Waals surface area contributed by atoms with Crippen LogP contribution in [-0.4, -0.2) is 35.3 Å². The molecule has 1 fully saturated rings. The van der Waals surface area contributed by atoms with E-state index in [1.807, 2.05) is 6.07 Å². The average molecular weight is 265 g/mol. The zero-order valence-electron chi connectivity index (χ0n) is 12.0. The Kier molecular flexibility index (Phi) is 4.37. The Hall–Kier alpha value is -1.20. The van der Waals surface area contributed by atoms with Gasteiger partial charge < -0.3 is 15.2 Å². The highest BCUT2D eigenvalue weighted by atomic mass is 16.5. The molecule has 0 aromatic carbocycles. The van der Waals surface area contributed by atoms with E-state index < -0.39 is 0 Å². The van der Waals surface area contributed by atoms with E-state index in [1.54, 1.807) is 7.11 Å². The van der Waals surface area contributed by atoms with E-state index in [4.69, 9.17) is 15.2 Å². The van der Waals surface area contributed by atoms with Crippen LogP contribution in [0.3, 0.4) is 0 Å². The largest absolute Gasteiger partial charge is 0.481 e. The summed E-state index contributed by atoms with van der Waals surface area (Å²) in [5.41, 5.74) is 7.28. The number of nitrogens with zero attached hydrogens (tertiary/aromatic N) is 2. The van der Waals surface area contributed by atoms with Crippen molar-refractivity contribution in [2.45, 2.75) is 45.4 Å². The summed E-state index contributed by atoms with van der Waals surface area (Å²) >= 11 is 0. The van der Waals surface area contributed by atoms with Gasteiger partial charge in [-0.25, -0.2) is 9.97 Å². The molecule has 2 heterocycles. The van der Waals surface area contributed by atoms with Gasteiger partial charge in [-0.15, -0.1) is 0 Å². The first-order valence-corrected chi connectivity index (χ1v) is 6.79. The van der Waals surface area contributed by atoms with E-state index in [0.717, 1.165) is 5.69 Å². The van der Waals surface area contributed by atoms with Crippen molar-refractivity contribution < 1.29 is 9.47 Å². The summed E-state index contributed by atoms with van der Waals surface area (Å²) in [5, 5.41) is 0. The zero-order valence-corrected chi connectivity index (χ0v) is 12.0. The normalized spacial score (nSPS) is 32.3. The van der Waals surface area contributed by atoms with Gasteiger partial charge in [0.1, 0.15) is 6.33 Å². The molecule has 19 heavy (non-hydrogen) atoms. The molecule has 5 nitrogen and oxygen atoms in total. The molecule has 2 rings (SSSR count). The van der Waals surface area contributed by atoms with Gasteiger partial charge >= 0.3 is 0 Å². The van der Waals surface area contributed by atoms with Crippen LogP contribution in [0.2, 0.25) is 0 Å². The lowest BCUT2D eigenvalue weighted by Crippen LogP contribution is -2.39. The van der Waals surface area contributed by atoms with Crippen LogP contribution >= 0.6 is 0 Å². The van der Waals surface area contributed by atoms with Crippen LogP contribution in [0.1, 0.15) is 26.5 Å². The highest BCUT2D eigenvalue weighted by molar-refractivity contribution is 5.14. The average Bonchev–Trinajstić information content (AvgIpc) is 2.63. The molecule has 0 bridgehead atoms. The molecular formula is C14H23N3O2. The summed E-state index contributed by atoms with van der Waals surface area (Å²) < 4.78 is 11.0. The third-order valence-corrected chi connectivity index (χ3v) is 4.17. The monoisotopic (exact) mass is 265 g/mol. The predicted octanol–water partition coefficient (Wildman–Crippen LogP) is 1.41. The van der Waals surface area contributed by atoms with Gasteiger partial charge in [0.25, 0.3) is 0 Å². The molecule has 0 saturated carbocycles. The standard InChI is InChI=1S/C14H23N3O2/c1-8-9(2)19-10(3)14(8)12(15)5-11-6-13(18-4)17-7-16-11/h6-10,12,14H,5,15H2,1-4H3. The number of nitrogens with two attached hydrogens (primary N) is 1. The fourth-order valence-corrected chi connectivity index (χ4v) is 3.01. The van der Waals surface area contributed by atoms with Crippen molar-refractivity contribution in [2.75, 3.05) is 7.11 Å². The van der Waals surface area contributed by atoms with Crippen LogP contribution in [0.15, 0.2) is 12.4 Å². The molecule has 0 radical (unpaired) electrons. The van der Waals surface area contributed by atoms with Gasteiger partial charge in [-0.2, -0.15) is 0 Å². The molecule has 2 N–H and O–H groups in total. The highest BCUT2D eigenvalue weighted by Crippen LogP contribution is 2.34. The van der Waals surface area contributed by atoms with Gasteiger partial charge in [-0.3, -0.25) is 0 Å². The second-order valence-electron chi connectivity index (χ2n) is 5.40. The summed E-state index contributed by atoms with van der Waals surface area (Å²) in [6, 6.07) is 1.88. The first-order chi connectivity index (χ1) is 9.02. The smallest absolute Gasteiger partial charge is 0.216 e. The Morgan fingerprint density at radius 2 is 2.05 bits per heavy atom. The lowest BCUT2D eigenvalue weighted by molar-refractivity contribution is 0.0490. The molecule has 1 saturated heterocycles. The van der Waals surface area contributed by atoms with E-state index in [2.05, 4.69) is 30.7 Å². The lowest BCUT2D eigenvalue weighted by atomic mass is 9.82. The third kappa shape index (κ3) is 3.04. The van der Waals surface area contributed by atoms with Gasteiger partial charge in [-0.1, -0.05) is 6.92 Å². The van der Waals surface area contributed by atoms with Gasteiger partial charge in [0.15, 0.2) is 0 Å². The molecule has 0 aliphatic carbocycles. The summed E-state index contributed by atoms with van der Waals surface area (Å²) in [7, 11) is 1.60. The molecule has 5 atom stereocenters. The molecule has 0 amide bonds. The minimum atomic E-state index is 0.0366. The maximum atomic E-state index is 6.36. The maximum absolute atomic E-state index is 6.36. The van der Waals surface area contributed by atoms with Crippen molar-refractivity contribution in [2.24, 2.45) is 17.6 Å². The number of methoxy groups -OCH3 is 1. The van der Waals surface area contributed by atoms with Crippen LogP contribution in [0.4, 0.5) is 0 Å². The Morgan fingerprint density at radius 1 is 1.32 bits per heavy atom. The van der Waals surface area contributed by atoms with E-state index >= 15 is 0 Å². The third-order valence-electron chi connectivity index (χ3n) is 4.17. The van der Waals surface area contributed by atoms with E-state index in [0.29, 0.717) is 24.1 Å². The van der Waals surface area contributed by atoms with Crippen molar-refractivity contribution in [1.29, 1.82) is 0 Å². The summed E-state index contributed by atoms with van der Waals surface area (Å²) in [6.45, 7) is 6.42.